The van der Waals surface area contributed by atoms with Crippen LogP contribution in [0.3, 0.4) is 0 Å². The van der Waals surface area contributed by atoms with Gasteiger partial charge in [0.25, 0.3) is 0 Å². The monoisotopic (exact) mass is 1280 g/mol. The maximum Gasteiger partial charge on any atom is 0.160 e. The van der Waals surface area contributed by atoms with Crippen LogP contribution in [0.4, 0.5) is 34.1 Å². The van der Waals surface area contributed by atoms with Crippen molar-refractivity contribution in [3.8, 4) is 89.8 Å². The molecule has 0 amide bonds. The molecule has 0 radical (unpaired) electrons. The second-order valence-corrected chi connectivity index (χ2v) is 27.4. The summed E-state index contributed by atoms with van der Waals surface area (Å²) < 4.78 is 4.51. The van der Waals surface area contributed by atoms with Gasteiger partial charge in [-0.25, -0.2) is 19.9 Å². The molecule has 1 aliphatic carbocycles. The van der Waals surface area contributed by atoms with Gasteiger partial charge in [0, 0.05) is 82.0 Å². The molecule has 6 nitrogen and oxygen atoms in total. The second kappa shape index (κ2) is 23.8. The van der Waals surface area contributed by atoms with Crippen LogP contribution >= 0.6 is 22.7 Å². The molecule has 0 N–H and O–H groups in total. The zero-order valence-corrected chi connectivity index (χ0v) is 54.8. The lowest BCUT2D eigenvalue weighted by Crippen LogP contribution is -2.16. The van der Waals surface area contributed by atoms with Gasteiger partial charge in [-0.05, 0) is 171 Å². The highest BCUT2D eigenvalue weighted by Gasteiger charge is 2.36. The Morgan fingerprint density at radius 1 is 0.268 bits per heavy atom. The molecular formula is C89H60N6S2. The average Bonchev–Trinajstić information content (AvgIpc) is 1.61. The minimum absolute atomic E-state index is 0.134. The normalized spacial score (nSPS) is 12.3. The predicted molar refractivity (Wildman–Crippen MR) is 408 cm³/mol. The number of aromatic nitrogens is 4. The fraction of sp³-hybridized carbons (Fsp3) is 0.0337. The number of rotatable bonds is 13. The molecule has 0 aliphatic heterocycles. The standard InChI is InChI=1S/C89H60N6S2/c1-89(2)76-34-17-15-31-73(76)74-54-53-71(56-77(74)89)95(66-29-13-6-14-30-66)70-51-43-63(44-52-70)88-91-82(61-25-11-5-12-26-61)86-84(93-88)80-72(33-20-36-79(80)97-86)65-28-19-27-64(55-65)59-39-47-68(48-40-59)94(67-45-37-58(38-46-67)57-21-7-3-8-22-57)69-49-41-62(42-50-69)87-90-81(60-23-9-4-10-24-60)85-83(92-87)75-32-16-18-35-78(75)96-85/h3-56H,1-2H3. The lowest BCUT2D eigenvalue weighted by Gasteiger charge is -2.28. The van der Waals surface area contributed by atoms with Crippen molar-refractivity contribution in [2.45, 2.75) is 19.3 Å². The number of thiophene rings is 2. The van der Waals surface area contributed by atoms with Gasteiger partial charge < -0.3 is 9.80 Å². The van der Waals surface area contributed by atoms with Gasteiger partial charge in [0.2, 0.25) is 0 Å². The fourth-order valence-electron chi connectivity index (χ4n) is 14.3. The number of nitrogens with zero attached hydrogens (tertiary/aromatic N) is 6. The van der Waals surface area contributed by atoms with E-state index in [0.717, 1.165) is 131 Å². The molecule has 17 aromatic rings. The SMILES string of the molecule is CC1(C)c2ccccc2-c2ccc(N(c3ccccc3)c3ccc(-c4nc(-c5ccccc5)c5sc6cccc(-c7cccc(-c8ccc(N(c9ccc(-c%10ccccc%10)cc9)c9ccc(-c%10nc(-c%11ccccc%11)c%11sc%12ccccc%12c%11n%10)cc9)cc8)c7)c6c5n4)cc3)cc21. The Hall–Kier alpha value is -11.9. The predicted octanol–water partition coefficient (Wildman–Crippen LogP) is 24.9. The van der Waals surface area contributed by atoms with E-state index in [0.29, 0.717) is 11.6 Å². The molecule has 13 aromatic carbocycles. The molecule has 0 saturated heterocycles. The van der Waals surface area contributed by atoms with Crippen LogP contribution in [0.2, 0.25) is 0 Å². The van der Waals surface area contributed by atoms with E-state index in [1.54, 1.807) is 22.7 Å². The summed E-state index contributed by atoms with van der Waals surface area (Å²) in [5.74, 6) is 1.37. The fourth-order valence-corrected chi connectivity index (χ4v) is 16.6. The van der Waals surface area contributed by atoms with E-state index in [1.165, 1.54) is 32.5 Å². The number of anilines is 6. The highest BCUT2D eigenvalue weighted by molar-refractivity contribution is 7.26. The maximum atomic E-state index is 5.58. The molecule has 8 heteroatoms. The lowest BCUT2D eigenvalue weighted by atomic mass is 9.82. The van der Waals surface area contributed by atoms with Gasteiger partial charge in [-0.1, -0.05) is 226 Å². The highest BCUT2D eigenvalue weighted by atomic mass is 32.1. The zero-order valence-electron chi connectivity index (χ0n) is 53.2. The number of fused-ring (bicyclic) bond motifs is 9. The van der Waals surface area contributed by atoms with Crippen molar-refractivity contribution in [2.75, 3.05) is 9.80 Å². The van der Waals surface area contributed by atoms with Crippen molar-refractivity contribution < 1.29 is 0 Å². The Morgan fingerprint density at radius 2 is 0.670 bits per heavy atom. The molecule has 0 fully saturated rings. The van der Waals surface area contributed by atoms with E-state index in [2.05, 4.69) is 351 Å². The van der Waals surface area contributed by atoms with Crippen LogP contribution in [0.25, 0.3) is 130 Å². The van der Waals surface area contributed by atoms with Gasteiger partial charge in [-0.2, -0.15) is 0 Å². The van der Waals surface area contributed by atoms with E-state index in [4.69, 9.17) is 19.9 Å². The topological polar surface area (TPSA) is 58.0 Å². The minimum Gasteiger partial charge on any atom is -0.311 e. The van der Waals surface area contributed by atoms with Crippen molar-refractivity contribution in [3.05, 3.63) is 339 Å². The summed E-state index contributed by atoms with van der Waals surface area (Å²) in [7, 11) is 0. The van der Waals surface area contributed by atoms with Crippen molar-refractivity contribution in [3.63, 3.8) is 0 Å². The molecule has 97 heavy (non-hydrogen) atoms. The number of benzene rings is 13. The van der Waals surface area contributed by atoms with Crippen molar-refractivity contribution in [2.24, 2.45) is 0 Å². The smallest absolute Gasteiger partial charge is 0.160 e. The van der Waals surface area contributed by atoms with Gasteiger partial charge in [0.05, 0.1) is 31.8 Å². The Kier molecular flexibility index (Phi) is 14.2. The molecule has 0 atom stereocenters. The first kappa shape index (κ1) is 57.7. The first-order valence-electron chi connectivity index (χ1n) is 32.8. The van der Waals surface area contributed by atoms with Crippen LogP contribution in [0, 0.1) is 0 Å². The molecular weight excluding hydrogens is 1220 g/mol. The minimum atomic E-state index is -0.134. The van der Waals surface area contributed by atoms with Crippen LogP contribution in [0.1, 0.15) is 25.0 Å². The summed E-state index contributed by atoms with van der Waals surface area (Å²) >= 11 is 3.51. The lowest BCUT2D eigenvalue weighted by molar-refractivity contribution is 0.660. The summed E-state index contributed by atoms with van der Waals surface area (Å²) in [4.78, 5) is 26.3. The van der Waals surface area contributed by atoms with E-state index in [9.17, 15) is 0 Å². The average molecular weight is 1280 g/mol. The van der Waals surface area contributed by atoms with Crippen LogP contribution in [-0.4, -0.2) is 19.9 Å². The molecule has 0 bridgehead atoms. The highest BCUT2D eigenvalue weighted by Crippen LogP contribution is 2.52. The summed E-state index contributed by atoms with van der Waals surface area (Å²) in [6, 6.07) is 117. The molecule has 18 rings (SSSR count). The molecule has 0 unspecified atom stereocenters. The first-order chi connectivity index (χ1) is 47.8. The van der Waals surface area contributed by atoms with Crippen LogP contribution in [0.5, 0.6) is 0 Å². The Morgan fingerprint density at radius 3 is 1.29 bits per heavy atom. The van der Waals surface area contributed by atoms with Crippen molar-refractivity contribution in [1.29, 1.82) is 0 Å². The summed E-state index contributed by atoms with van der Waals surface area (Å²) in [5.41, 5.74) is 26.1. The third kappa shape index (κ3) is 10.2. The Labute approximate surface area is 571 Å². The summed E-state index contributed by atoms with van der Waals surface area (Å²) in [5, 5.41) is 2.26. The molecule has 0 saturated carbocycles. The van der Waals surface area contributed by atoms with Crippen molar-refractivity contribution >= 4 is 97.4 Å². The molecule has 1 aliphatic rings. The molecule has 0 spiro atoms. The van der Waals surface area contributed by atoms with E-state index >= 15 is 0 Å². The number of hydrogen-bond acceptors (Lipinski definition) is 8. The van der Waals surface area contributed by atoms with Crippen LogP contribution in [0.15, 0.2) is 328 Å². The first-order valence-corrected chi connectivity index (χ1v) is 34.5. The summed E-state index contributed by atoms with van der Waals surface area (Å²) in [6.07, 6.45) is 0. The Bertz CT molecular complexity index is 5810. The van der Waals surface area contributed by atoms with Gasteiger partial charge in [-0.3, -0.25) is 0 Å². The van der Waals surface area contributed by atoms with E-state index in [-0.39, 0.29) is 5.41 Å². The Balaban J connectivity index is 0.694. The third-order valence-electron chi connectivity index (χ3n) is 19.1. The largest absolute Gasteiger partial charge is 0.311 e. The molecule has 4 heterocycles. The quantitative estimate of drug-likeness (QED) is 0.115. The molecule has 4 aromatic heterocycles. The maximum absolute atomic E-state index is 5.58. The van der Waals surface area contributed by atoms with Crippen molar-refractivity contribution in [1.82, 2.24) is 19.9 Å². The van der Waals surface area contributed by atoms with E-state index in [1.807, 2.05) is 0 Å². The number of para-hydroxylation sites is 1. The van der Waals surface area contributed by atoms with Gasteiger partial charge >= 0.3 is 0 Å². The van der Waals surface area contributed by atoms with Gasteiger partial charge in [-0.15, -0.1) is 22.7 Å². The third-order valence-corrected chi connectivity index (χ3v) is 21.4. The summed E-state index contributed by atoms with van der Waals surface area (Å²) in [6.45, 7) is 4.68. The van der Waals surface area contributed by atoms with E-state index < -0.39 is 0 Å². The van der Waals surface area contributed by atoms with Gasteiger partial charge in [0.15, 0.2) is 11.6 Å². The zero-order chi connectivity index (χ0) is 64.6. The van der Waals surface area contributed by atoms with Crippen LogP contribution in [-0.2, 0) is 5.41 Å². The van der Waals surface area contributed by atoms with Crippen LogP contribution < -0.4 is 9.80 Å². The molecule has 458 valence electrons. The second-order valence-electron chi connectivity index (χ2n) is 25.3. The number of hydrogen-bond donors (Lipinski definition) is 0. The van der Waals surface area contributed by atoms with Gasteiger partial charge in [0.1, 0.15) is 0 Å².